The SMILES string of the molecule is CC(CC(=O)O)N1C(=O)COc2ccc(N)cc21. The van der Waals surface area contributed by atoms with Crippen molar-refractivity contribution in [1.29, 1.82) is 0 Å². The van der Waals surface area contributed by atoms with Crippen LogP contribution in [-0.4, -0.2) is 29.6 Å². The van der Waals surface area contributed by atoms with Crippen molar-refractivity contribution in [2.24, 2.45) is 0 Å². The number of rotatable bonds is 3. The minimum absolute atomic E-state index is 0.0825. The molecule has 6 heteroatoms. The summed E-state index contributed by atoms with van der Waals surface area (Å²) in [6, 6.07) is 4.52. The number of benzene rings is 1. The highest BCUT2D eigenvalue weighted by Gasteiger charge is 2.30. The average molecular weight is 250 g/mol. The number of anilines is 2. The molecule has 1 aliphatic rings. The van der Waals surface area contributed by atoms with Gasteiger partial charge >= 0.3 is 5.97 Å². The zero-order chi connectivity index (χ0) is 13.3. The fourth-order valence-corrected chi connectivity index (χ4v) is 2.02. The zero-order valence-electron chi connectivity index (χ0n) is 9.92. The van der Waals surface area contributed by atoms with E-state index in [0.29, 0.717) is 17.1 Å². The molecule has 3 N–H and O–H groups in total. The van der Waals surface area contributed by atoms with Crippen molar-refractivity contribution in [1.82, 2.24) is 0 Å². The number of nitrogens with zero attached hydrogens (tertiary/aromatic N) is 1. The maximum Gasteiger partial charge on any atom is 0.305 e. The van der Waals surface area contributed by atoms with Gasteiger partial charge in [0.1, 0.15) is 5.75 Å². The maximum atomic E-state index is 11.9. The number of carboxylic acids is 1. The molecule has 1 aromatic carbocycles. The minimum atomic E-state index is -0.952. The molecule has 0 saturated heterocycles. The Balaban J connectivity index is 2.38. The highest BCUT2D eigenvalue weighted by atomic mass is 16.5. The lowest BCUT2D eigenvalue weighted by molar-refractivity contribution is -0.137. The van der Waals surface area contributed by atoms with Crippen LogP contribution in [0.4, 0.5) is 11.4 Å². The zero-order valence-corrected chi connectivity index (χ0v) is 9.92. The van der Waals surface area contributed by atoms with Gasteiger partial charge in [-0.05, 0) is 25.1 Å². The van der Waals surface area contributed by atoms with Crippen LogP contribution in [0.3, 0.4) is 0 Å². The Kier molecular flexibility index (Phi) is 3.10. The van der Waals surface area contributed by atoms with Gasteiger partial charge in [-0.1, -0.05) is 0 Å². The molecule has 0 radical (unpaired) electrons. The van der Waals surface area contributed by atoms with Gasteiger partial charge in [-0.15, -0.1) is 0 Å². The molecule has 1 atom stereocenters. The molecule has 6 nitrogen and oxygen atoms in total. The first-order valence-electron chi connectivity index (χ1n) is 5.55. The number of amides is 1. The van der Waals surface area contributed by atoms with E-state index in [1.807, 2.05) is 0 Å². The highest BCUT2D eigenvalue weighted by Crippen LogP contribution is 2.35. The largest absolute Gasteiger partial charge is 0.482 e. The number of aliphatic carboxylic acids is 1. The van der Waals surface area contributed by atoms with E-state index in [0.717, 1.165) is 0 Å². The Morgan fingerprint density at radius 3 is 3.00 bits per heavy atom. The maximum absolute atomic E-state index is 11.9. The lowest BCUT2D eigenvalue weighted by atomic mass is 10.1. The third-order valence-corrected chi connectivity index (χ3v) is 2.77. The number of carbonyl (C=O) groups excluding carboxylic acids is 1. The standard InChI is InChI=1S/C12H14N2O4/c1-7(4-12(16)17)14-9-5-8(13)2-3-10(9)18-6-11(14)15/h2-3,5,7H,4,6,13H2,1H3,(H,16,17). The van der Waals surface area contributed by atoms with Gasteiger partial charge in [0.2, 0.25) is 0 Å². The summed E-state index contributed by atoms with van der Waals surface area (Å²) in [4.78, 5) is 24.0. The van der Waals surface area contributed by atoms with E-state index in [2.05, 4.69) is 0 Å². The molecule has 1 unspecified atom stereocenters. The second kappa shape index (κ2) is 4.56. The summed E-state index contributed by atoms with van der Waals surface area (Å²) in [6.07, 6.45) is -0.125. The molecule has 1 aromatic rings. The van der Waals surface area contributed by atoms with Crippen molar-refractivity contribution in [3.05, 3.63) is 18.2 Å². The molecular formula is C12H14N2O4. The van der Waals surface area contributed by atoms with Crippen molar-refractivity contribution in [2.75, 3.05) is 17.2 Å². The second-order valence-corrected chi connectivity index (χ2v) is 4.23. The fraction of sp³-hybridized carbons (Fsp3) is 0.333. The molecule has 96 valence electrons. The van der Waals surface area contributed by atoms with E-state index < -0.39 is 12.0 Å². The van der Waals surface area contributed by atoms with E-state index in [1.54, 1.807) is 25.1 Å². The van der Waals surface area contributed by atoms with Gasteiger partial charge in [-0.3, -0.25) is 9.59 Å². The van der Waals surface area contributed by atoms with E-state index >= 15 is 0 Å². The normalized spacial score (nSPS) is 15.8. The number of hydrogen-bond acceptors (Lipinski definition) is 4. The Bertz CT molecular complexity index is 501. The minimum Gasteiger partial charge on any atom is -0.482 e. The number of carboxylic acid groups (broad SMARTS) is 1. The third kappa shape index (κ3) is 2.22. The van der Waals surface area contributed by atoms with Crippen molar-refractivity contribution < 1.29 is 19.4 Å². The van der Waals surface area contributed by atoms with Gasteiger partial charge in [-0.25, -0.2) is 0 Å². The first kappa shape index (κ1) is 12.2. The molecule has 0 bridgehead atoms. The first-order chi connectivity index (χ1) is 8.49. The van der Waals surface area contributed by atoms with Crippen molar-refractivity contribution in [3.63, 3.8) is 0 Å². The average Bonchev–Trinajstić information content (AvgIpc) is 2.27. The molecule has 0 aliphatic carbocycles. The number of hydrogen-bond donors (Lipinski definition) is 2. The molecule has 0 fully saturated rings. The number of carbonyl (C=O) groups is 2. The van der Waals surface area contributed by atoms with Crippen LogP contribution in [0.1, 0.15) is 13.3 Å². The molecular weight excluding hydrogens is 236 g/mol. The lowest BCUT2D eigenvalue weighted by Crippen LogP contribution is -2.45. The second-order valence-electron chi connectivity index (χ2n) is 4.23. The Morgan fingerprint density at radius 2 is 2.33 bits per heavy atom. The molecule has 1 amide bonds. The first-order valence-corrected chi connectivity index (χ1v) is 5.55. The summed E-state index contributed by atoms with van der Waals surface area (Å²) >= 11 is 0. The van der Waals surface area contributed by atoms with Gasteiger partial charge in [0.25, 0.3) is 5.91 Å². The third-order valence-electron chi connectivity index (χ3n) is 2.77. The van der Waals surface area contributed by atoms with Gasteiger partial charge < -0.3 is 20.5 Å². The molecule has 0 spiro atoms. The topological polar surface area (TPSA) is 92.9 Å². The summed E-state index contributed by atoms with van der Waals surface area (Å²) < 4.78 is 5.28. The van der Waals surface area contributed by atoms with Crippen molar-refractivity contribution in [2.45, 2.75) is 19.4 Å². The summed E-state index contributed by atoms with van der Waals surface area (Å²) in [6.45, 7) is 1.60. The predicted octanol–water partition coefficient (Wildman–Crippen LogP) is 0.857. The van der Waals surface area contributed by atoms with E-state index in [9.17, 15) is 9.59 Å². The van der Waals surface area contributed by atoms with E-state index in [1.165, 1.54) is 4.90 Å². The van der Waals surface area contributed by atoms with E-state index in [-0.39, 0.29) is 18.9 Å². The predicted molar refractivity (Wildman–Crippen MR) is 65.6 cm³/mol. The van der Waals surface area contributed by atoms with E-state index in [4.69, 9.17) is 15.6 Å². The van der Waals surface area contributed by atoms with Crippen molar-refractivity contribution >= 4 is 23.3 Å². The van der Waals surface area contributed by atoms with Crippen LogP contribution >= 0.6 is 0 Å². The van der Waals surface area contributed by atoms with Gasteiger partial charge in [-0.2, -0.15) is 0 Å². The monoisotopic (exact) mass is 250 g/mol. The molecule has 1 heterocycles. The van der Waals surface area contributed by atoms with Gasteiger partial charge in [0, 0.05) is 11.7 Å². The summed E-state index contributed by atoms with van der Waals surface area (Å²) in [5, 5.41) is 8.81. The van der Waals surface area contributed by atoms with Crippen molar-refractivity contribution in [3.8, 4) is 5.75 Å². The lowest BCUT2D eigenvalue weighted by Gasteiger charge is -2.33. The summed E-state index contributed by atoms with van der Waals surface area (Å²) in [5.74, 6) is -0.671. The van der Waals surface area contributed by atoms with Crippen LogP contribution in [0.5, 0.6) is 5.75 Å². The van der Waals surface area contributed by atoms with Gasteiger partial charge in [0.05, 0.1) is 12.1 Å². The molecule has 18 heavy (non-hydrogen) atoms. The summed E-state index contributed by atoms with van der Waals surface area (Å²) in [5.41, 5.74) is 6.71. The van der Waals surface area contributed by atoms with Crippen LogP contribution in [0.2, 0.25) is 0 Å². The number of fused-ring (bicyclic) bond motifs is 1. The number of nitrogen functional groups attached to an aromatic ring is 1. The number of nitrogens with two attached hydrogens (primary N) is 1. The van der Waals surface area contributed by atoms with Crippen LogP contribution in [0.15, 0.2) is 18.2 Å². The Hall–Kier alpha value is -2.24. The van der Waals surface area contributed by atoms with Crippen LogP contribution in [0, 0.1) is 0 Å². The summed E-state index contributed by atoms with van der Waals surface area (Å²) in [7, 11) is 0. The smallest absolute Gasteiger partial charge is 0.305 e. The van der Waals surface area contributed by atoms with Gasteiger partial charge in [0.15, 0.2) is 6.61 Å². The Labute approximate surface area is 104 Å². The molecule has 2 rings (SSSR count). The fourth-order valence-electron chi connectivity index (χ4n) is 2.02. The molecule has 0 aromatic heterocycles. The number of ether oxygens (including phenoxy) is 1. The molecule has 1 aliphatic heterocycles. The van der Waals surface area contributed by atoms with Crippen LogP contribution in [-0.2, 0) is 9.59 Å². The quantitative estimate of drug-likeness (QED) is 0.776. The van der Waals surface area contributed by atoms with Crippen LogP contribution in [0.25, 0.3) is 0 Å². The van der Waals surface area contributed by atoms with Crippen LogP contribution < -0.4 is 15.4 Å². The Morgan fingerprint density at radius 1 is 1.61 bits per heavy atom. The molecule has 0 saturated carbocycles. The highest BCUT2D eigenvalue weighted by molar-refractivity contribution is 5.99.